The van der Waals surface area contributed by atoms with Crippen LogP contribution in [-0.2, 0) is 6.54 Å². The Hall–Kier alpha value is -1.88. The van der Waals surface area contributed by atoms with Gasteiger partial charge >= 0.3 is 0 Å². The van der Waals surface area contributed by atoms with Crippen molar-refractivity contribution in [2.75, 3.05) is 7.05 Å². The third-order valence-corrected chi connectivity index (χ3v) is 3.47. The lowest BCUT2D eigenvalue weighted by atomic mass is 10.2. The second-order valence-corrected chi connectivity index (χ2v) is 4.98. The smallest absolute Gasteiger partial charge is 0.276 e. The number of aromatic hydroxyl groups is 1. The van der Waals surface area contributed by atoms with E-state index in [1.807, 2.05) is 24.3 Å². The largest absolute Gasteiger partial charge is 0.505 e. The highest BCUT2D eigenvalue weighted by Gasteiger charge is 2.17. The normalized spacial score (nSPS) is 10.2. The van der Waals surface area contributed by atoms with Crippen molar-refractivity contribution in [3.05, 3.63) is 58.3 Å². The van der Waals surface area contributed by atoms with Gasteiger partial charge < -0.3 is 10.0 Å². The summed E-state index contributed by atoms with van der Waals surface area (Å²) in [6.07, 6.45) is 1.49. The Labute approximate surface area is 119 Å². The fourth-order valence-electron chi connectivity index (χ4n) is 1.70. The summed E-state index contributed by atoms with van der Waals surface area (Å²) in [5.41, 5.74) is 1.06. The molecular weight excluding hydrogens is 308 g/mol. The fraction of sp³-hybridized carbons (Fsp3) is 0.143. The molecule has 0 atom stereocenters. The zero-order valence-electron chi connectivity index (χ0n) is 10.4. The first-order chi connectivity index (χ1) is 9.09. The van der Waals surface area contributed by atoms with Gasteiger partial charge in [0.25, 0.3) is 5.91 Å². The molecule has 0 saturated carbocycles. The first-order valence-electron chi connectivity index (χ1n) is 5.72. The van der Waals surface area contributed by atoms with E-state index in [2.05, 4.69) is 20.9 Å². The van der Waals surface area contributed by atoms with Crippen LogP contribution in [0.2, 0.25) is 0 Å². The Balaban J connectivity index is 2.17. The summed E-state index contributed by atoms with van der Waals surface area (Å²) >= 11 is 3.44. The maximum Gasteiger partial charge on any atom is 0.276 e. The maximum absolute atomic E-state index is 12.2. The summed E-state index contributed by atoms with van der Waals surface area (Å²) in [5, 5.41) is 9.63. The van der Waals surface area contributed by atoms with E-state index in [1.54, 1.807) is 13.1 Å². The molecule has 5 heteroatoms. The van der Waals surface area contributed by atoms with E-state index in [4.69, 9.17) is 0 Å². The van der Waals surface area contributed by atoms with E-state index < -0.39 is 0 Å². The highest BCUT2D eigenvalue weighted by atomic mass is 79.9. The minimum Gasteiger partial charge on any atom is -0.505 e. The van der Waals surface area contributed by atoms with Gasteiger partial charge in [-0.25, -0.2) is 4.98 Å². The molecule has 1 heterocycles. The summed E-state index contributed by atoms with van der Waals surface area (Å²) in [4.78, 5) is 17.6. The van der Waals surface area contributed by atoms with Gasteiger partial charge in [-0.2, -0.15) is 0 Å². The SMILES string of the molecule is CN(Cc1ccccc1Br)C(=O)c1ncccc1O. The summed E-state index contributed by atoms with van der Waals surface area (Å²) < 4.78 is 0.944. The van der Waals surface area contributed by atoms with Crippen molar-refractivity contribution < 1.29 is 9.90 Å². The quantitative estimate of drug-likeness (QED) is 0.946. The number of aromatic nitrogens is 1. The molecule has 1 aromatic heterocycles. The predicted molar refractivity (Wildman–Crippen MR) is 75.8 cm³/mol. The van der Waals surface area contributed by atoms with Crippen molar-refractivity contribution >= 4 is 21.8 Å². The first-order valence-corrected chi connectivity index (χ1v) is 6.51. The topological polar surface area (TPSA) is 53.4 Å². The van der Waals surface area contributed by atoms with Gasteiger partial charge in [0, 0.05) is 24.3 Å². The van der Waals surface area contributed by atoms with Crippen molar-refractivity contribution in [2.45, 2.75) is 6.54 Å². The fourth-order valence-corrected chi connectivity index (χ4v) is 2.11. The number of halogens is 1. The zero-order chi connectivity index (χ0) is 13.8. The van der Waals surface area contributed by atoms with E-state index in [-0.39, 0.29) is 17.4 Å². The second-order valence-electron chi connectivity index (χ2n) is 4.12. The van der Waals surface area contributed by atoms with Gasteiger partial charge in [0.1, 0.15) is 5.75 Å². The number of carbonyl (C=O) groups is 1. The van der Waals surface area contributed by atoms with Crippen LogP contribution in [0, 0.1) is 0 Å². The number of hydrogen-bond acceptors (Lipinski definition) is 3. The van der Waals surface area contributed by atoms with Crippen LogP contribution < -0.4 is 0 Å². The molecule has 0 fully saturated rings. The number of rotatable bonds is 3. The number of nitrogens with zero attached hydrogens (tertiary/aromatic N) is 2. The van der Waals surface area contributed by atoms with E-state index in [1.165, 1.54) is 17.2 Å². The molecule has 4 nitrogen and oxygen atoms in total. The first kappa shape index (κ1) is 13.5. The molecule has 1 N–H and O–H groups in total. The molecule has 1 aromatic carbocycles. The van der Waals surface area contributed by atoms with E-state index >= 15 is 0 Å². The van der Waals surface area contributed by atoms with Gasteiger partial charge in [0.15, 0.2) is 5.69 Å². The Morgan fingerprint density at radius 2 is 2.05 bits per heavy atom. The van der Waals surface area contributed by atoms with Gasteiger partial charge in [0.2, 0.25) is 0 Å². The molecule has 0 aliphatic carbocycles. The van der Waals surface area contributed by atoms with E-state index in [0.717, 1.165) is 10.0 Å². The van der Waals surface area contributed by atoms with Crippen LogP contribution in [0.25, 0.3) is 0 Å². The lowest BCUT2D eigenvalue weighted by Crippen LogP contribution is -2.27. The Morgan fingerprint density at radius 3 is 2.74 bits per heavy atom. The van der Waals surface area contributed by atoms with E-state index in [9.17, 15) is 9.90 Å². The summed E-state index contributed by atoms with van der Waals surface area (Å²) in [5.74, 6) is -0.416. The number of carbonyl (C=O) groups excluding carboxylic acids is 1. The molecule has 0 saturated heterocycles. The molecule has 0 aliphatic rings. The minimum atomic E-state index is -0.311. The van der Waals surface area contributed by atoms with Crippen molar-refractivity contribution in [1.82, 2.24) is 9.88 Å². The highest BCUT2D eigenvalue weighted by molar-refractivity contribution is 9.10. The predicted octanol–water partition coefficient (Wildman–Crippen LogP) is 2.82. The average Bonchev–Trinajstić information content (AvgIpc) is 2.41. The molecule has 98 valence electrons. The minimum absolute atomic E-state index is 0.0667. The third-order valence-electron chi connectivity index (χ3n) is 2.70. The van der Waals surface area contributed by atoms with Crippen molar-refractivity contribution in [3.8, 4) is 5.75 Å². The Kier molecular flexibility index (Phi) is 4.16. The van der Waals surface area contributed by atoms with Crippen LogP contribution >= 0.6 is 15.9 Å². The van der Waals surface area contributed by atoms with E-state index in [0.29, 0.717) is 6.54 Å². The molecule has 19 heavy (non-hydrogen) atoms. The maximum atomic E-state index is 12.2. The van der Waals surface area contributed by atoms with Crippen LogP contribution in [0.3, 0.4) is 0 Å². The number of pyridine rings is 1. The molecule has 0 aliphatic heterocycles. The molecule has 0 unspecified atom stereocenters. The summed E-state index contributed by atoms with van der Waals surface area (Å²) in [6.45, 7) is 0.441. The highest BCUT2D eigenvalue weighted by Crippen LogP contribution is 2.19. The molecule has 2 aromatic rings. The lowest BCUT2D eigenvalue weighted by molar-refractivity contribution is 0.0775. The van der Waals surface area contributed by atoms with Crippen LogP contribution in [-0.4, -0.2) is 27.9 Å². The van der Waals surface area contributed by atoms with Gasteiger partial charge in [-0.3, -0.25) is 4.79 Å². The molecule has 0 radical (unpaired) electrons. The van der Waals surface area contributed by atoms with Gasteiger partial charge in [-0.1, -0.05) is 34.1 Å². The standard InChI is InChI=1S/C14H13BrN2O2/c1-17(9-10-5-2-3-6-11(10)15)14(19)13-12(18)7-4-8-16-13/h2-8,18H,9H2,1H3. The van der Waals surface area contributed by atoms with Gasteiger partial charge in [0.05, 0.1) is 0 Å². The van der Waals surface area contributed by atoms with Gasteiger partial charge in [-0.05, 0) is 23.8 Å². The van der Waals surface area contributed by atoms with Crippen molar-refractivity contribution in [2.24, 2.45) is 0 Å². The monoisotopic (exact) mass is 320 g/mol. The average molecular weight is 321 g/mol. The van der Waals surface area contributed by atoms with Crippen LogP contribution in [0.5, 0.6) is 5.75 Å². The zero-order valence-corrected chi connectivity index (χ0v) is 12.0. The summed E-state index contributed by atoms with van der Waals surface area (Å²) in [7, 11) is 1.68. The summed E-state index contributed by atoms with van der Waals surface area (Å²) in [6, 6.07) is 10.7. The molecule has 0 spiro atoms. The van der Waals surface area contributed by atoms with Crippen LogP contribution in [0.4, 0.5) is 0 Å². The number of benzene rings is 1. The van der Waals surface area contributed by atoms with Crippen molar-refractivity contribution in [3.63, 3.8) is 0 Å². The van der Waals surface area contributed by atoms with Crippen molar-refractivity contribution in [1.29, 1.82) is 0 Å². The molecule has 2 rings (SSSR count). The lowest BCUT2D eigenvalue weighted by Gasteiger charge is -2.18. The second kappa shape index (κ2) is 5.84. The number of amides is 1. The third kappa shape index (κ3) is 3.12. The van der Waals surface area contributed by atoms with Crippen LogP contribution in [0.15, 0.2) is 47.1 Å². The Bertz CT molecular complexity index is 602. The molecule has 0 bridgehead atoms. The Morgan fingerprint density at radius 1 is 1.32 bits per heavy atom. The number of hydrogen-bond donors (Lipinski definition) is 1. The van der Waals surface area contributed by atoms with Gasteiger partial charge in [-0.15, -0.1) is 0 Å². The molecular formula is C14H13BrN2O2. The molecule has 1 amide bonds. The van der Waals surface area contributed by atoms with Crippen LogP contribution in [0.1, 0.15) is 16.1 Å².